The van der Waals surface area contributed by atoms with E-state index in [0.29, 0.717) is 5.92 Å². The first-order chi connectivity index (χ1) is 24.9. The van der Waals surface area contributed by atoms with Gasteiger partial charge in [-0.15, -0.1) is 0 Å². The Balaban J connectivity index is 1.45. The van der Waals surface area contributed by atoms with Crippen LogP contribution in [0, 0.1) is 5.92 Å². The molecule has 0 amide bonds. The van der Waals surface area contributed by atoms with Gasteiger partial charge in [-0.25, -0.2) is 0 Å². The van der Waals surface area contributed by atoms with Crippen molar-refractivity contribution in [1.29, 1.82) is 0 Å². The van der Waals surface area contributed by atoms with E-state index in [2.05, 4.69) is 139 Å². The zero-order chi connectivity index (χ0) is 36.4. The summed E-state index contributed by atoms with van der Waals surface area (Å²) in [5.74, 6) is 0.588. The molecule has 1 atom stereocenters. The molecule has 0 spiro atoms. The van der Waals surface area contributed by atoms with E-state index in [1.165, 1.54) is 17.6 Å². The lowest BCUT2D eigenvalue weighted by Gasteiger charge is -2.26. The standard InChI is InChI=1S/C49H52N2/c1-8-11-12-13-16-22-43-31-33-44(34-32-43)45-35-37-49(38-36-45)51(48-25-19-15-20-26-48)42(7)30-28-40(5)39(4)27-29-41(6)50(46(10-3)21-9-2)47-23-17-14-18-24-47/h8-15,17-21,23-31,33-38,43H,4-7,16,22,32H2,1-3H3/b11-8-,13-12-,21-9-,29-27-,30-28-,46-10+. The maximum absolute atomic E-state index is 4.46. The Bertz CT molecular complexity index is 1890. The van der Waals surface area contributed by atoms with Gasteiger partial charge in [-0.3, -0.25) is 0 Å². The van der Waals surface area contributed by atoms with Gasteiger partial charge in [0.2, 0.25) is 0 Å². The second kappa shape index (κ2) is 20.0. The highest BCUT2D eigenvalue weighted by Gasteiger charge is 2.14. The average molecular weight is 669 g/mol. The highest BCUT2D eigenvalue weighted by atomic mass is 15.2. The van der Waals surface area contributed by atoms with E-state index in [9.17, 15) is 0 Å². The molecule has 0 fully saturated rings. The number of allylic oxidation sites excluding steroid dienone is 17. The zero-order valence-corrected chi connectivity index (χ0v) is 30.6. The summed E-state index contributed by atoms with van der Waals surface area (Å²) < 4.78 is 0. The molecule has 0 N–H and O–H groups in total. The molecular formula is C49H52N2. The molecule has 0 bridgehead atoms. The molecule has 4 rings (SSSR count). The molecule has 0 aliphatic heterocycles. The van der Waals surface area contributed by atoms with Gasteiger partial charge in [0.25, 0.3) is 0 Å². The molecule has 0 heterocycles. The molecule has 0 aromatic heterocycles. The van der Waals surface area contributed by atoms with Gasteiger partial charge in [0, 0.05) is 34.2 Å². The Morgan fingerprint density at radius 2 is 1.27 bits per heavy atom. The van der Waals surface area contributed by atoms with Crippen molar-refractivity contribution in [3.63, 3.8) is 0 Å². The molecule has 0 radical (unpaired) electrons. The summed E-state index contributed by atoms with van der Waals surface area (Å²) in [7, 11) is 0. The Hall–Kier alpha value is -5.86. The molecule has 1 unspecified atom stereocenters. The quantitative estimate of drug-likeness (QED) is 0.132. The van der Waals surface area contributed by atoms with Crippen molar-refractivity contribution >= 4 is 22.6 Å². The van der Waals surface area contributed by atoms with Crippen molar-refractivity contribution in [1.82, 2.24) is 0 Å². The van der Waals surface area contributed by atoms with Crippen molar-refractivity contribution in [3.05, 3.63) is 230 Å². The first kappa shape index (κ1) is 38.0. The minimum Gasteiger partial charge on any atom is -0.311 e. The van der Waals surface area contributed by atoms with Crippen LogP contribution < -0.4 is 9.80 Å². The number of nitrogens with zero attached hydrogens (tertiary/aromatic N) is 2. The maximum atomic E-state index is 4.46. The van der Waals surface area contributed by atoms with Crippen molar-refractivity contribution in [2.24, 2.45) is 5.92 Å². The third kappa shape index (κ3) is 11.1. The molecule has 3 aromatic carbocycles. The maximum Gasteiger partial charge on any atom is 0.0461 e. The van der Waals surface area contributed by atoms with Crippen LogP contribution in [0.25, 0.3) is 5.57 Å². The summed E-state index contributed by atoms with van der Waals surface area (Å²) in [5.41, 5.74) is 9.84. The number of benzene rings is 3. The van der Waals surface area contributed by atoms with Gasteiger partial charge in [-0.1, -0.05) is 142 Å². The first-order valence-corrected chi connectivity index (χ1v) is 17.7. The van der Waals surface area contributed by atoms with E-state index in [1.54, 1.807) is 0 Å². The third-order valence-corrected chi connectivity index (χ3v) is 8.65. The van der Waals surface area contributed by atoms with Crippen molar-refractivity contribution in [3.8, 4) is 0 Å². The molecular weight excluding hydrogens is 617 g/mol. The fourth-order valence-electron chi connectivity index (χ4n) is 5.83. The Kier molecular flexibility index (Phi) is 14.9. The summed E-state index contributed by atoms with van der Waals surface area (Å²) in [5, 5.41) is 0. The minimum absolute atomic E-state index is 0.588. The minimum atomic E-state index is 0.588. The highest BCUT2D eigenvalue weighted by Crippen LogP contribution is 2.33. The summed E-state index contributed by atoms with van der Waals surface area (Å²) in [6.45, 7) is 23.5. The Morgan fingerprint density at radius 3 is 1.84 bits per heavy atom. The number of anilines is 3. The zero-order valence-electron chi connectivity index (χ0n) is 30.6. The number of hydrogen-bond acceptors (Lipinski definition) is 2. The van der Waals surface area contributed by atoms with E-state index in [0.717, 1.165) is 58.1 Å². The van der Waals surface area contributed by atoms with Gasteiger partial charge < -0.3 is 9.80 Å². The van der Waals surface area contributed by atoms with Crippen LogP contribution in [0.5, 0.6) is 0 Å². The molecule has 2 heteroatoms. The van der Waals surface area contributed by atoms with E-state index >= 15 is 0 Å². The smallest absolute Gasteiger partial charge is 0.0461 e. The van der Waals surface area contributed by atoms with Crippen LogP contribution in [0.3, 0.4) is 0 Å². The first-order valence-electron chi connectivity index (χ1n) is 17.7. The van der Waals surface area contributed by atoms with Crippen molar-refractivity contribution in [2.75, 3.05) is 9.80 Å². The van der Waals surface area contributed by atoms with Gasteiger partial charge in [0.1, 0.15) is 0 Å². The van der Waals surface area contributed by atoms with Crippen LogP contribution in [0.15, 0.2) is 225 Å². The SMILES string of the molecule is C=C(/C=C\C(=C)N(C(/C=C\C)=C/C)c1ccccc1)C(=C)/C=C\C(=C)N(c1ccccc1)c1ccc(C2=CCC(CC/C=C\C=C/C)C=C2)cc1. The van der Waals surface area contributed by atoms with Crippen LogP contribution in [0.4, 0.5) is 17.1 Å². The summed E-state index contributed by atoms with van der Waals surface area (Å²) >= 11 is 0. The lowest BCUT2D eigenvalue weighted by Crippen LogP contribution is -2.19. The second-order valence-corrected chi connectivity index (χ2v) is 12.3. The fourth-order valence-corrected chi connectivity index (χ4v) is 5.83. The number of para-hydroxylation sites is 2. The lowest BCUT2D eigenvalue weighted by molar-refractivity contribution is 0.603. The summed E-state index contributed by atoms with van der Waals surface area (Å²) in [6, 6.07) is 29.3. The average Bonchev–Trinajstić information content (AvgIpc) is 3.17. The Labute approximate surface area is 307 Å². The molecule has 1 aliphatic rings. The van der Waals surface area contributed by atoms with Gasteiger partial charge >= 0.3 is 0 Å². The van der Waals surface area contributed by atoms with E-state index < -0.39 is 0 Å². The molecule has 51 heavy (non-hydrogen) atoms. The van der Waals surface area contributed by atoms with Crippen LogP contribution >= 0.6 is 0 Å². The normalized spacial score (nSPS) is 14.9. The van der Waals surface area contributed by atoms with E-state index in [4.69, 9.17) is 0 Å². The van der Waals surface area contributed by atoms with E-state index in [-0.39, 0.29) is 0 Å². The molecule has 0 saturated heterocycles. The number of hydrogen-bond donors (Lipinski definition) is 0. The predicted octanol–water partition coefficient (Wildman–Crippen LogP) is 13.9. The fraction of sp³-hybridized carbons (Fsp3) is 0.143. The highest BCUT2D eigenvalue weighted by molar-refractivity contribution is 5.78. The molecule has 258 valence electrons. The predicted molar refractivity (Wildman–Crippen MR) is 226 cm³/mol. The van der Waals surface area contributed by atoms with E-state index in [1.807, 2.05) is 87.5 Å². The van der Waals surface area contributed by atoms with Gasteiger partial charge in [0.15, 0.2) is 0 Å². The van der Waals surface area contributed by atoms with Gasteiger partial charge in [0.05, 0.1) is 0 Å². The molecule has 2 nitrogen and oxygen atoms in total. The topological polar surface area (TPSA) is 6.48 Å². The largest absolute Gasteiger partial charge is 0.311 e. The lowest BCUT2D eigenvalue weighted by atomic mass is 9.90. The Morgan fingerprint density at radius 1 is 0.667 bits per heavy atom. The van der Waals surface area contributed by atoms with Crippen molar-refractivity contribution in [2.45, 2.75) is 40.0 Å². The van der Waals surface area contributed by atoms with Crippen LogP contribution in [0.2, 0.25) is 0 Å². The molecule has 1 aliphatic carbocycles. The van der Waals surface area contributed by atoms with Crippen LogP contribution in [0.1, 0.15) is 45.6 Å². The number of rotatable bonds is 17. The third-order valence-electron chi connectivity index (χ3n) is 8.65. The summed E-state index contributed by atoms with van der Waals surface area (Å²) in [4.78, 5) is 4.28. The monoisotopic (exact) mass is 668 g/mol. The second-order valence-electron chi connectivity index (χ2n) is 12.3. The molecule has 3 aromatic rings. The van der Waals surface area contributed by atoms with Crippen LogP contribution in [-0.4, -0.2) is 0 Å². The molecule has 0 saturated carbocycles. The summed E-state index contributed by atoms with van der Waals surface area (Å²) in [6.07, 6.45) is 33.0. The van der Waals surface area contributed by atoms with Gasteiger partial charge in [-0.2, -0.15) is 0 Å². The van der Waals surface area contributed by atoms with Crippen LogP contribution in [-0.2, 0) is 0 Å². The van der Waals surface area contributed by atoms with Gasteiger partial charge in [-0.05, 0) is 123 Å². The van der Waals surface area contributed by atoms with Crippen molar-refractivity contribution < 1.29 is 0 Å².